The van der Waals surface area contributed by atoms with Crippen LogP contribution in [0.3, 0.4) is 0 Å². The van der Waals surface area contributed by atoms with Crippen LogP contribution in [0.2, 0.25) is 11.9 Å². The van der Waals surface area contributed by atoms with Crippen LogP contribution in [0, 0.1) is 53.4 Å². The molecule has 6 rings (SSSR count). The predicted molar refractivity (Wildman–Crippen MR) is 239 cm³/mol. The number of benzene rings is 4. The summed E-state index contributed by atoms with van der Waals surface area (Å²) in [5, 5.41) is 0. The Morgan fingerprint density at radius 2 is 0.852 bits per heavy atom. The van der Waals surface area contributed by atoms with E-state index in [0.717, 1.165) is 0 Å². The molecule has 0 heterocycles. The van der Waals surface area contributed by atoms with Gasteiger partial charge in [0.05, 0.1) is 0 Å². The van der Waals surface area contributed by atoms with Crippen LogP contribution in [0.1, 0.15) is 128 Å². The number of fused-ring (bicyclic) bond motifs is 3. The van der Waals surface area contributed by atoms with E-state index in [2.05, 4.69) is 184 Å². The van der Waals surface area contributed by atoms with Gasteiger partial charge in [0.1, 0.15) is 0 Å². The normalized spacial score (nSPS) is 15.2. The zero-order valence-corrected chi connectivity index (χ0v) is 39.3. The Morgan fingerprint density at radius 3 is 1.15 bits per heavy atom. The van der Waals surface area contributed by atoms with Crippen LogP contribution in [0.5, 0.6) is 0 Å². The molecule has 0 radical (unpaired) electrons. The van der Waals surface area contributed by atoms with E-state index >= 15 is 0 Å². The van der Waals surface area contributed by atoms with Gasteiger partial charge in [-0.15, -0.1) is 0 Å². The van der Waals surface area contributed by atoms with E-state index < -0.39 is 18.3 Å². The molecule has 0 fully saturated rings. The summed E-state index contributed by atoms with van der Waals surface area (Å²) >= 11 is -4.29. The average molecular weight is 798 g/mol. The third-order valence-corrected chi connectivity index (χ3v) is 33.0. The molecule has 0 N–H and O–H groups in total. The molecule has 0 unspecified atom stereocenters. The first-order valence-corrected chi connectivity index (χ1v) is 28.9. The first-order chi connectivity index (χ1) is 24.9. The zero-order valence-electron chi connectivity index (χ0n) is 36.9. The van der Waals surface area contributed by atoms with Gasteiger partial charge in [0.25, 0.3) is 0 Å². The topological polar surface area (TPSA) is 0 Å². The quantitative estimate of drug-likeness (QED) is 0.167. The second-order valence-corrected chi connectivity index (χ2v) is 36.7. The summed E-state index contributed by atoms with van der Waals surface area (Å²) in [5.74, 6) is 1.12. The van der Waals surface area contributed by atoms with E-state index in [-0.39, 0.29) is 10.8 Å². The second-order valence-electron chi connectivity index (χ2n) is 21.1. The van der Waals surface area contributed by atoms with Gasteiger partial charge in [-0.1, -0.05) is 0 Å². The van der Waals surface area contributed by atoms with Crippen molar-refractivity contribution in [2.24, 2.45) is 11.8 Å². The molecule has 0 atom stereocenters. The van der Waals surface area contributed by atoms with Gasteiger partial charge in [-0.25, -0.2) is 0 Å². The first-order valence-electron chi connectivity index (χ1n) is 20.9. The van der Waals surface area contributed by atoms with E-state index in [0.29, 0.717) is 19.1 Å². The van der Waals surface area contributed by atoms with Crippen molar-refractivity contribution in [1.29, 1.82) is 0 Å². The van der Waals surface area contributed by atoms with Crippen molar-refractivity contribution in [1.82, 2.24) is 0 Å². The van der Waals surface area contributed by atoms with Gasteiger partial charge in [-0.05, 0) is 0 Å². The Morgan fingerprint density at radius 1 is 0.519 bits per heavy atom. The van der Waals surface area contributed by atoms with Gasteiger partial charge in [-0.3, -0.25) is 0 Å². The molecule has 2 aliphatic rings. The Hall–Kier alpha value is -2.89. The van der Waals surface area contributed by atoms with Gasteiger partial charge in [0, 0.05) is 0 Å². The summed E-state index contributed by atoms with van der Waals surface area (Å²) in [6.07, 6.45) is 9.80. The average Bonchev–Trinajstić information content (AvgIpc) is 3.65. The number of aryl methyl sites for hydroxylation is 6. The van der Waals surface area contributed by atoms with Crippen LogP contribution < -0.4 is 0 Å². The minimum atomic E-state index is -4.29. The summed E-state index contributed by atoms with van der Waals surface area (Å²) in [6, 6.07) is 20.3. The molecule has 0 saturated carbocycles. The van der Waals surface area contributed by atoms with Crippen molar-refractivity contribution >= 4 is 4.21 Å². The van der Waals surface area contributed by atoms with Crippen LogP contribution in [0.25, 0.3) is 33.4 Å². The monoisotopic (exact) mass is 796 g/mol. The Labute approximate surface area is 331 Å². The minimum absolute atomic E-state index is 0.0371. The molecule has 1 heteroatoms. The van der Waals surface area contributed by atoms with Crippen molar-refractivity contribution in [3.05, 3.63) is 128 Å². The molecule has 0 nitrogen and oxygen atoms in total. The summed E-state index contributed by atoms with van der Waals surface area (Å²) < 4.78 is 9.08. The van der Waals surface area contributed by atoms with Gasteiger partial charge >= 0.3 is 333 Å². The molecule has 0 bridgehead atoms. The molecule has 4 aromatic rings. The van der Waals surface area contributed by atoms with Crippen LogP contribution in [-0.4, -0.2) is 4.21 Å². The standard InChI is InChI=1S/C39H45.C5H5.2C4H9.CH2.Zr/c1-22-13-24(3)36(25(4)14-22)32-18-28-17-29-19-33(37-26(5)15-23(2)16-27(37)6)35(39(10,11)12)21-31(29)30(28)20-34(32)38(7,8)9;1-2-4-5-3-1;2*1-4(2)3;;/h13-21H,1-12H3;1-5H;2*4H,1H2,2-3H3;1H2;. The maximum absolute atomic E-state index is 5.89. The molecule has 0 saturated heterocycles. The van der Waals surface area contributed by atoms with Crippen molar-refractivity contribution < 1.29 is 18.3 Å². The van der Waals surface area contributed by atoms with Crippen LogP contribution >= 0.6 is 0 Å². The maximum atomic E-state index is 5.89. The van der Waals surface area contributed by atoms with Crippen LogP contribution in [-0.2, 0) is 29.1 Å². The fourth-order valence-corrected chi connectivity index (χ4v) is 34.4. The van der Waals surface area contributed by atoms with Gasteiger partial charge in [-0.2, -0.15) is 0 Å². The van der Waals surface area contributed by atoms with E-state index in [1.807, 2.05) is 0 Å². The molecule has 286 valence electrons. The zero-order chi connectivity index (χ0) is 39.9. The molecule has 0 spiro atoms. The molecule has 0 amide bonds. The Bertz CT molecular complexity index is 2070. The third kappa shape index (κ3) is 6.93. The number of hydrogen-bond acceptors (Lipinski definition) is 0. The Balaban J connectivity index is 1.86. The summed E-state index contributed by atoms with van der Waals surface area (Å²) in [4.78, 5) is 0. The van der Waals surface area contributed by atoms with E-state index in [9.17, 15) is 0 Å². The van der Waals surface area contributed by atoms with Crippen molar-refractivity contribution in [2.75, 3.05) is 0 Å². The fraction of sp³-hybridized carbons (Fsp3) is 0.453. The predicted octanol–water partition coefficient (Wildman–Crippen LogP) is 15.7. The molecule has 2 aliphatic carbocycles. The van der Waals surface area contributed by atoms with Crippen LogP contribution in [0.15, 0.2) is 72.8 Å². The number of allylic oxidation sites excluding steroid dienone is 4. The molecule has 0 aliphatic heterocycles. The molecule has 0 aromatic heterocycles. The van der Waals surface area contributed by atoms with E-state index in [1.54, 1.807) is 11.1 Å². The van der Waals surface area contributed by atoms with Gasteiger partial charge < -0.3 is 0 Å². The van der Waals surface area contributed by atoms with Crippen molar-refractivity contribution in [2.45, 2.75) is 137 Å². The van der Waals surface area contributed by atoms with Crippen LogP contribution in [0.4, 0.5) is 0 Å². The van der Waals surface area contributed by atoms with Crippen molar-refractivity contribution in [3.8, 4) is 33.4 Å². The fourth-order valence-electron chi connectivity index (χ4n) is 11.9. The molecule has 54 heavy (non-hydrogen) atoms. The van der Waals surface area contributed by atoms with Gasteiger partial charge in [0.15, 0.2) is 0 Å². The summed E-state index contributed by atoms with van der Waals surface area (Å²) in [5.41, 5.74) is 22.7. The SMILES string of the molecule is [CH2]=[Zr]([CH2]C(C)C)([CH2]C(C)C)([CH]1C=CC=C1)[CH]1c2cc(-c3c(C)cc(C)cc3C)c(C(C)(C)C)cc2-c2cc(C(C)(C)C)c(-c3c(C)cc(C)cc3C)cc21. The first kappa shape index (κ1) is 40.8. The van der Waals surface area contributed by atoms with E-state index in [1.165, 1.54) is 86.1 Å². The second kappa shape index (κ2) is 13.9. The summed E-state index contributed by atoms with van der Waals surface area (Å²) in [6.45, 7) is 38.1. The Kier molecular flexibility index (Phi) is 10.5. The van der Waals surface area contributed by atoms with Gasteiger partial charge in [0.2, 0.25) is 0 Å². The molecule has 4 aromatic carbocycles. The van der Waals surface area contributed by atoms with Crippen molar-refractivity contribution in [3.63, 3.8) is 0 Å². The third-order valence-electron chi connectivity index (χ3n) is 13.1. The number of hydrogen-bond donors (Lipinski definition) is 0. The number of rotatable bonds is 8. The van der Waals surface area contributed by atoms with E-state index in [4.69, 9.17) is 4.21 Å². The summed E-state index contributed by atoms with van der Waals surface area (Å²) in [7, 11) is 0. The molecular weight excluding hydrogens is 728 g/mol. The molecular formula is C53H70Zr.